The Hall–Kier alpha value is -1.67. The topological polar surface area (TPSA) is 62.0 Å². The van der Waals surface area contributed by atoms with Gasteiger partial charge in [0.05, 0.1) is 18.8 Å². The summed E-state index contributed by atoms with van der Waals surface area (Å²) in [6.45, 7) is 7.40. The summed E-state index contributed by atoms with van der Waals surface area (Å²) in [6.07, 6.45) is 0.167. The van der Waals surface area contributed by atoms with E-state index in [1.807, 2.05) is 13.8 Å². The highest BCUT2D eigenvalue weighted by molar-refractivity contribution is 5.37. The van der Waals surface area contributed by atoms with Gasteiger partial charge in [-0.3, -0.25) is 0 Å². The maximum Gasteiger partial charge on any atom is 0.227 e. The standard InChI is InChI=1S/C12H16N4O/c1-8-4-11(5-13)15-12(14-8)16-6-10(3)17-7-9(16)2/h4,9-10H,6-7H2,1-3H3. The van der Waals surface area contributed by atoms with Crippen molar-refractivity contribution in [2.24, 2.45) is 0 Å². The van der Waals surface area contributed by atoms with Crippen LogP contribution in [0.5, 0.6) is 0 Å². The molecule has 2 atom stereocenters. The van der Waals surface area contributed by atoms with Gasteiger partial charge in [-0.2, -0.15) is 5.26 Å². The fourth-order valence-corrected chi connectivity index (χ4v) is 1.92. The van der Waals surface area contributed by atoms with E-state index in [2.05, 4.69) is 27.9 Å². The zero-order valence-corrected chi connectivity index (χ0v) is 10.3. The molecular formula is C12H16N4O. The molecule has 1 aliphatic heterocycles. The first-order valence-electron chi connectivity index (χ1n) is 5.74. The first kappa shape index (κ1) is 11.8. The smallest absolute Gasteiger partial charge is 0.227 e. The van der Waals surface area contributed by atoms with Gasteiger partial charge in [0.25, 0.3) is 0 Å². The van der Waals surface area contributed by atoms with Crippen LogP contribution in [0, 0.1) is 18.3 Å². The lowest BCUT2D eigenvalue weighted by Gasteiger charge is -2.36. The number of nitriles is 1. The van der Waals surface area contributed by atoms with Crippen LogP contribution < -0.4 is 4.90 Å². The number of rotatable bonds is 1. The maximum absolute atomic E-state index is 8.92. The van der Waals surface area contributed by atoms with Crippen LogP contribution in [-0.4, -0.2) is 35.3 Å². The van der Waals surface area contributed by atoms with Crippen LogP contribution in [0.2, 0.25) is 0 Å². The number of ether oxygens (including phenoxy) is 1. The van der Waals surface area contributed by atoms with Gasteiger partial charge in [-0.25, -0.2) is 9.97 Å². The van der Waals surface area contributed by atoms with Gasteiger partial charge in [-0.1, -0.05) is 0 Å². The molecule has 1 aromatic rings. The quantitative estimate of drug-likeness (QED) is 0.729. The molecule has 5 nitrogen and oxygen atoms in total. The van der Waals surface area contributed by atoms with Crippen molar-refractivity contribution in [3.63, 3.8) is 0 Å². The van der Waals surface area contributed by atoms with Crippen molar-refractivity contribution in [1.29, 1.82) is 5.26 Å². The van der Waals surface area contributed by atoms with E-state index in [4.69, 9.17) is 10.00 Å². The van der Waals surface area contributed by atoms with Crippen molar-refractivity contribution >= 4 is 5.95 Å². The number of hydrogen-bond donors (Lipinski definition) is 0. The van der Waals surface area contributed by atoms with E-state index in [1.54, 1.807) is 6.07 Å². The van der Waals surface area contributed by atoms with E-state index in [9.17, 15) is 0 Å². The number of morpholine rings is 1. The lowest BCUT2D eigenvalue weighted by atomic mass is 10.2. The SMILES string of the molecule is Cc1cc(C#N)nc(N2CC(C)OCC2C)n1. The lowest BCUT2D eigenvalue weighted by Crippen LogP contribution is -2.48. The average Bonchev–Trinajstić information content (AvgIpc) is 2.31. The summed E-state index contributed by atoms with van der Waals surface area (Å²) in [5, 5.41) is 8.92. The van der Waals surface area contributed by atoms with Crippen LogP contribution >= 0.6 is 0 Å². The Bertz CT molecular complexity index is 454. The predicted molar refractivity (Wildman–Crippen MR) is 63.7 cm³/mol. The highest BCUT2D eigenvalue weighted by Crippen LogP contribution is 2.18. The van der Waals surface area contributed by atoms with Crippen molar-refractivity contribution in [3.8, 4) is 6.07 Å². The molecule has 1 aromatic heterocycles. The molecule has 2 unspecified atom stereocenters. The number of anilines is 1. The van der Waals surface area contributed by atoms with Gasteiger partial charge in [0.2, 0.25) is 5.95 Å². The summed E-state index contributed by atoms with van der Waals surface area (Å²) in [6, 6.07) is 3.99. The summed E-state index contributed by atoms with van der Waals surface area (Å²) >= 11 is 0. The highest BCUT2D eigenvalue weighted by atomic mass is 16.5. The molecule has 0 aromatic carbocycles. The molecule has 0 saturated carbocycles. The second-order valence-electron chi connectivity index (χ2n) is 4.45. The number of aryl methyl sites for hydroxylation is 1. The van der Waals surface area contributed by atoms with Crippen LogP contribution in [0.15, 0.2) is 6.07 Å². The first-order valence-corrected chi connectivity index (χ1v) is 5.74. The molecular weight excluding hydrogens is 216 g/mol. The first-order chi connectivity index (χ1) is 8.10. The van der Waals surface area contributed by atoms with Crippen molar-refractivity contribution in [2.75, 3.05) is 18.1 Å². The Kier molecular flexibility index (Phi) is 3.25. The Labute approximate surface area is 101 Å². The third kappa shape index (κ3) is 2.53. The van der Waals surface area contributed by atoms with Crippen molar-refractivity contribution in [2.45, 2.75) is 32.9 Å². The van der Waals surface area contributed by atoms with Gasteiger partial charge >= 0.3 is 0 Å². The van der Waals surface area contributed by atoms with Crippen LogP contribution in [0.3, 0.4) is 0 Å². The minimum absolute atomic E-state index is 0.167. The number of aromatic nitrogens is 2. The summed E-state index contributed by atoms with van der Waals surface area (Å²) in [4.78, 5) is 10.8. The van der Waals surface area contributed by atoms with Crippen molar-refractivity contribution < 1.29 is 4.74 Å². The molecule has 0 aliphatic carbocycles. The summed E-state index contributed by atoms with van der Waals surface area (Å²) in [5.74, 6) is 0.629. The largest absolute Gasteiger partial charge is 0.375 e. The highest BCUT2D eigenvalue weighted by Gasteiger charge is 2.25. The third-order valence-electron chi connectivity index (χ3n) is 2.82. The second kappa shape index (κ2) is 4.68. The lowest BCUT2D eigenvalue weighted by molar-refractivity contribution is 0.0336. The monoisotopic (exact) mass is 232 g/mol. The Balaban J connectivity index is 2.32. The second-order valence-corrected chi connectivity index (χ2v) is 4.45. The number of nitrogens with zero attached hydrogens (tertiary/aromatic N) is 4. The van der Waals surface area contributed by atoms with Crippen LogP contribution in [0.4, 0.5) is 5.95 Å². The van der Waals surface area contributed by atoms with Crippen LogP contribution in [-0.2, 0) is 4.74 Å². The van der Waals surface area contributed by atoms with E-state index >= 15 is 0 Å². The minimum Gasteiger partial charge on any atom is -0.375 e. The molecule has 1 fully saturated rings. The van der Waals surface area contributed by atoms with Crippen LogP contribution in [0.1, 0.15) is 25.2 Å². The Morgan fingerprint density at radius 1 is 1.47 bits per heavy atom. The molecule has 1 aliphatic rings. The van der Waals surface area contributed by atoms with E-state index in [0.717, 1.165) is 12.2 Å². The molecule has 0 N–H and O–H groups in total. The van der Waals surface area contributed by atoms with Gasteiger partial charge in [0.1, 0.15) is 11.8 Å². The predicted octanol–water partition coefficient (Wildman–Crippen LogP) is 1.27. The fraction of sp³-hybridized carbons (Fsp3) is 0.583. The summed E-state index contributed by atoms with van der Waals surface area (Å²) < 4.78 is 5.57. The molecule has 0 amide bonds. The van der Waals surface area contributed by atoms with Gasteiger partial charge in [0, 0.05) is 12.2 Å². The number of hydrogen-bond acceptors (Lipinski definition) is 5. The zero-order valence-electron chi connectivity index (χ0n) is 10.3. The van der Waals surface area contributed by atoms with Gasteiger partial charge < -0.3 is 9.64 Å². The van der Waals surface area contributed by atoms with Gasteiger partial charge in [-0.05, 0) is 26.8 Å². The molecule has 5 heteroatoms. The summed E-state index contributed by atoms with van der Waals surface area (Å²) in [7, 11) is 0. The maximum atomic E-state index is 8.92. The average molecular weight is 232 g/mol. The molecule has 0 radical (unpaired) electrons. The normalized spacial score (nSPS) is 24.5. The van der Waals surface area contributed by atoms with E-state index in [0.29, 0.717) is 18.2 Å². The van der Waals surface area contributed by atoms with Crippen molar-refractivity contribution in [3.05, 3.63) is 17.5 Å². The van der Waals surface area contributed by atoms with E-state index in [-0.39, 0.29) is 12.1 Å². The fourth-order valence-electron chi connectivity index (χ4n) is 1.92. The van der Waals surface area contributed by atoms with Crippen molar-refractivity contribution in [1.82, 2.24) is 9.97 Å². The molecule has 2 rings (SSSR count). The van der Waals surface area contributed by atoms with Gasteiger partial charge in [0.15, 0.2) is 0 Å². The van der Waals surface area contributed by atoms with Crippen LogP contribution in [0.25, 0.3) is 0 Å². The molecule has 90 valence electrons. The molecule has 17 heavy (non-hydrogen) atoms. The minimum atomic E-state index is 0.167. The van der Waals surface area contributed by atoms with Gasteiger partial charge in [-0.15, -0.1) is 0 Å². The van der Waals surface area contributed by atoms with E-state index in [1.165, 1.54) is 0 Å². The Morgan fingerprint density at radius 2 is 2.24 bits per heavy atom. The summed E-state index contributed by atoms with van der Waals surface area (Å²) in [5.41, 5.74) is 1.23. The zero-order chi connectivity index (χ0) is 12.4. The molecule has 1 saturated heterocycles. The molecule has 0 spiro atoms. The Morgan fingerprint density at radius 3 is 2.94 bits per heavy atom. The molecule has 2 heterocycles. The molecule has 0 bridgehead atoms. The third-order valence-corrected chi connectivity index (χ3v) is 2.82. The van der Waals surface area contributed by atoms with E-state index < -0.39 is 0 Å².